The molecule has 0 saturated carbocycles. The smallest absolute Gasteiger partial charge is 0.293 e. The van der Waals surface area contributed by atoms with Gasteiger partial charge in [0.2, 0.25) is 0 Å². The number of nitro groups is 1. The molecule has 4 rings (SSSR count). The minimum absolute atomic E-state index is 0.143. The molecule has 0 aromatic heterocycles. The van der Waals surface area contributed by atoms with Gasteiger partial charge in [-0.25, -0.2) is 0 Å². The zero-order valence-electron chi connectivity index (χ0n) is 17.4. The molecule has 1 aliphatic heterocycles. The first kappa shape index (κ1) is 24.0. The van der Waals surface area contributed by atoms with E-state index in [2.05, 4.69) is 15.9 Å². The Morgan fingerprint density at radius 1 is 1.09 bits per heavy atom. The third-order valence-electron chi connectivity index (χ3n) is 4.96. The Balaban J connectivity index is 1.56. The van der Waals surface area contributed by atoms with Gasteiger partial charge in [0.15, 0.2) is 0 Å². The number of carbonyl (C=O) groups excluding carboxylic acids is 2. The summed E-state index contributed by atoms with van der Waals surface area (Å²) in [4.78, 5) is 37.5. The van der Waals surface area contributed by atoms with Crippen LogP contribution >= 0.6 is 39.3 Å². The molecule has 0 unspecified atom stereocenters. The highest BCUT2D eigenvalue weighted by molar-refractivity contribution is 9.10. The summed E-state index contributed by atoms with van der Waals surface area (Å²) in [5, 5.41) is 11.4. The lowest BCUT2D eigenvalue weighted by Crippen LogP contribution is -2.27. The summed E-state index contributed by atoms with van der Waals surface area (Å²) in [5.74, 6) is 0.0143. The van der Waals surface area contributed by atoms with Gasteiger partial charge in [-0.05, 0) is 53.7 Å². The predicted molar refractivity (Wildman–Crippen MR) is 135 cm³/mol. The van der Waals surface area contributed by atoms with E-state index in [1.165, 1.54) is 18.2 Å². The first-order chi connectivity index (χ1) is 16.3. The zero-order valence-corrected chi connectivity index (χ0v) is 20.6. The summed E-state index contributed by atoms with van der Waals surface area (Å²) in [6.07, 6.45) is 1.59. The molecular weight excluding hydrogens is 544 g/mol. The van der Waals surface area contributed by atoms with Gasteiger partial charge in [-0.1, -0.05) is 57.9 Å². The van der Waals surface area contributed by atoms with E-state index in [1.807, 2.05) is 18.2 Å². The van der Waals surface area contributed by atoms with Crippen LogP contribution in [0.15, 0.2) is 76.1 Å². The molecule has 7 nitrogen and oxygen atoms in total. The van der Waals surface area contributed by atoms with Crippen LogP contribution in [0, 0.1) is 10.1 Å². The number of para-hydroxylation sites is 1. The summed E-state index contributed by atoms with van der Waals surface area (Å²) in [6, 6.07) is 18.7. The predicted octanol–water partition coefficient (Wildman–Crippen LogP) is 6.83. The topological polar surface area (TPSA) is 89.8 Å². The maximum atomic E-state index is 13.0. The van der Waals surface area contributed by atoms with E-state index >= 15 is 0 Å². The van der Waals surface area contributed by atoms with Gasteiger partial charge >= 0.3 is 0 Å². The van der Waals surface area contributed by atoms with Crippen LogP contribution in [0.1, 0.15) is 16.7 Å². The maximum absolute atomic E-state index is 13.0. The molecule has 0 N–H and O–H groups in total. The molecule has 1 heterocycles. The Kier molecular flexibility index (Phi) is 7.35. The van der Waals surface area contributed by atoms with E-state index in [-0.39, 0.29) is 22.7 Å². The number of hydrogen-bond acceptors (Lipinski definition) is 6. The normalized spacial score (nSPS) is 14.6. The number of carbonyl (C=O) groups is 2. The number of ether oxygens (including phenoxy) is 1. The van der Waals surface area contributed by atoms with Gasteiger partial charge < -0.3 is 4.74 Å². The Bertz CT molecular complexity index is 1310. The summed E-state index contributed by atoms with van der Waals surface area (Å²) in [7, 11) is 0. The second-order valence-corrected chi connectivity index (χ2v) is 9.60. The molecule has 0 bridgehead atoms. The third-order valence-corrected chi connectivity index (χ3v) is 6.61. The summed E-state index contributed by atoms with van der Waals surface area (Å²) >= 11 is 10.1. The molecule has 3 aromatic rings. The van der Waals surface area contributed by atoms with Crippen molar-refractivity contribution >= 4 is 62.2 Å². The van der Waals surface area contributed by atoms with Crippen LogP contribution in [0.2, 0.25) is 5.02 Å². The Hall–Kier alpha value is -3.14. The van der Waals surface area contributed by atoms with Crippen molar-refractivity contribution in [2.45, 2.75) is 13.2 Å². The second kappa shape index (κ2) is 10.4. The Morgan fingerprint density at radius 3 is 2.56 bits per heavy atom. The van der Waals surface area contributed by atoms with Crippen LogP contribution in [-0.2, 0) is 17.9 Å². The maximum Gasteiger partial charge on any atom is 0.293 e. The molecule has 0 aliphatic carbocycles. The number of halogens is 2. The lowest BCUT2D eigenvalue weighted by atomic mass is 10.1. The molecular formula is C24H16BrClN2O5S. The lowest BCUT2D eigenvalue weighted by molar-refractivity contribution is -0.385. The van der Waals surface area contributed by atoms with Gasteiger partial charge in [0.1, 0.15) is 12.4 Å². The van der Waals surface area contributed by atoms with Gasteiger partial charge in [0.05, 0.1) is 16.4 Å². The third kappa shape index (κ3) is 5.49. The fourth-order valence-corrected chi connectivity index (χ4v) is 4.61. The van der Waals surface area contributed by atoms with E-state index in [0.717, 1.165) is 26.7 Å². The molecule has 1 fully saturated rings. The second-order valence-electron chi connectivity index (χ2n) is 7.25. The molecule has 1 saturated heterocycles. The van der Waals surface area contributed by atoms with Crippen molar-refractivity contribution in [1.29, 1.82) is 0 Å². The average Bonchev–Trinajstić information content (AvgIpc) is 3.07. The van der Waals surface area contributed by atoms with Crippen molar-refractivity contribution in [2.75, 3.05) is 0 Å². The van der Waals surface area contributed by atoms with Crippen molar-refractivity contribution in [3.05, 3.63) is 108 Å². The fraction of sp³-hybridized carbons (Fsp3) is 0.0833. The molecule has 0 spiro atoms. The first-order valence-electron chi connectivity index (χ1n) is 9.96. The zero-order chi connectivity index (χ0) is 24.2. The molecule has 1 aliphatic rings. The minimum Gasteiger partial charge on any atom is -0.488 e. The Morgan fingerprint density at radius 2 is 1.82 bits per heavy atom. The van der Waals surface area contributed by atoms with Crippen molar-refractivity contribution in [2.24, 2.45) is 0 Å². The van der Waals surface area contributed by atoms with Gasteiger partial charge in [0.25, 0.3) is 16.8 Å². The monoisotopic (exact) mass is 558 g/mol. The minimum atomic E-state index is -0.532. The molecule has 34 heavy (non-hydrogen) atoms. The summed E-state index contributed by atoms with van der Waals surface area (Å²) in [5.41, 5.74) is 1.67. The average molecular weight is 560 g/mol. The van der Waals surface area contributed by atoms with Crippen LogP contribution in [0.5, 0.6) is 5.75 Å². The fourth-order valence-electron chi connectivity index (χ4n) is 3.28. The van der Waals surface area contributed by atoms with E-state index in [1.54, 1.807) is 36.4 Å². The molecule has 10 heteroatoms. The number of benzene rings is 3. The molecule has 3 aromatic carbocycles. The van der Waals surface area contributed by atoms with Gasteiger partial charge in [-0.15, -0.1) is 0 Å². The van der Waals surface area contributed by atoms with Crippen molar-refractivity contribution in [3.8, 4) is 5.75 Å². The van der Waals surface area contributed by atoms with Crippen molar-refractivity contribution in [1.82, 2.24) is 4.90 Å². The van der Waals surface area contributed by atoms with Crippen molar-refractivity contribution in [3.63, 3.8) is 0 Å². The number of rotatable bonds is 7. The van der Waals surface area contributed by atoms with Gasteiger partial charge in [0, 0.05) is 26.7 Å². The standard InChI is InChI=1S/C24H16BrClN2O5S/c25-18-7-10-21(33-14-15-5-8-19(26)9-6-15)17(11-18)12-22-23(29)27(24(30)34-22)13-16-3-1-2-4-20(16)28(31)32/h1-12H,13-14H2/b22-12-. The number of hydrogen-bond donors (Lipinski definition) is 0. The van der Waals surface area contributed by atoms with E-state index in [0.29, 0.717) is 22.9 Å². The number of nitro benzene ring substituents is 1. The lowest BCUT2D eigenvalue weighted by Gasteiger charge is -2.13. The van der Waals surface area contributed by atoms with Crippen molar-refractivity contribution < 1.29 is 19.2 Å². The van der Waals surface area contributed by atoms with Gasteiger partial charge in [-0.2, -0.15) is 0 Å². The number of amides is 2. The van der Waals surface area contributed by atoms with Crippen LogP contribution in [0.25, 0.3) is 6.08 Å². The molecule has 0 radical (unpaired) electrons. The summed E-state index contributed by atoms with van der Waals surface area (Å²) in [6.45, 7) is 0.108. The molecule has 2 amide bonds. The molecule has 172 valence electrons. The highest BCUT2D eigenvalue weighted by Gasteiger charge is 2.36. The SMILES string of the molecule is O=C1S/C(=C\c2cc(Br)ccc2OCc2ccc(Cl)cc2)C(=O)N1Cc1ccccc1[N+](=O)[O-]. The van der Waals surface area contributed by atoms with Crippen LogP contribution in [0.4, 0.5) is 10.5 Å². The quantitative estimate of drug-likeness (QED) is 0.179. The molecule has 0 atom stereocenters. The van der Waals surface area contributed by atoms with E-state index in [4.69, 9.17) is 16.3 Å². The largest absolute Gasteiger partial charge is 0.488 e. The van der Waals surface area contributed by atoms with Crippen LogP contribution < -0.4 is 4.74 Å². The summed E-state index contributed by atoms with van der Waals surface area (Å²) < 4.78 is 6.73. The number of nitrogens with zero attached hydrogens (tertiary/aromatic N) is 2. The first-order valence-corrected chi connectivity index (χ1v) is 11.9. The van der Waals surface area contributed by atoms with Gasteiger partial charge in [-0.3, -0.25) is 24.6 Å². The highest BCUT2D eigenvalue weighted by atomic mass is 79.9. The Labute approximate surface area is 212 Å². The van der Waals surface area contributed by atoms with E-state index in [9.17, 15) is 19.7 Å². The van der Waals surface area contributed by atoms with Crippen LogP contribution in [-0.4, -0.2) is 21.0 Å². The van der Waals surface area contributed by atoms with E-state index < -0.39 is 16.1 Å². The highest BCUT2D eigenvalue weighted by Crippen LogP contribution is 2.36. The number of thioether (sulfide) groups is 1. The van der Waals surface area contributed by atoms with Crippen LogP contribution in [0.3, 0.4) is 0 Å². The number of imide groups is 1.